The highest BCUT2D eigenvalue weighted by Gasteiger charge is 2.37. The van der Waals surface area contributed by atoms with Crippen molar-refractivity contribution in [1.82, 2.24) is 0 Å². The fourth-order valence-electron chi connectivity index (χ4n) is 6.44. The Balaban J connectivity index is 0.999. The summed E-state index contributed by atoms with van der Waals surface area (Å²) >= 11 is 0. The van der Waals surface area contributed by atoms with Gasteiger partial charge >= 0.3 is 5.97 Å². The number of rotatable bonds is 44. The van der Waals surface area contributed by atoms with Gasteiger partial charge in [-0.15, -0.1) is 0 Å². The van der Waals surface area contributed by atoms with Crippen LogP contribution in [-0.2, 0) is 67.2 Å². The average Bonchev–Trinajstić information content (AvgIpc) is 3.32. The van der Waals surface area contributed by atoms with E-state index in [9.17, 15) is 4.79 Å². The maximum absolute atomic E-state index is 11.7. The van der Waals surface area contributed by atoms with Gasteiger partial charge in [-0.2, -0.15) is 0 Å². The Bertz CT molecular complexity index is 1340. The van der Waals surface area contributed by atoms with Crippen molar-refractivity contribution in [2.45, 2.75) is 57.5 Å². The van der Waals surface area contributed by atoms with Crippen molar-refractivity contribution in [3.05, 3.63) is 108 Å². The SMILES string of the molecule is CCCCCCCCC(=O)OCCOCCOCCOCCOCCOCCOCCOCCOCCOCCOCCOC(c1ccccc1)(c1ccccc1)c1ccccc1. The first-order valence-electron chi connectivity index (χ1n) is 23.0. The van der Waals surface area contributed by atoms with Gasteiger partial charge in [-0.1, -0.05) is 130 Å². The zero-order valence-corrected chi connectivity index (χ0v) is 38.0. The van der Waals surface area contributed by atoms with Gasteiger partial charge in [-0.25, -0.2) is 0 Å². The zero-order chi connectivity index (χ0) is 44.4. The Labute approximate surface area is 377 Å². The Hall–Kier alpha value is -3.31. The Morgan fingerprint density at radius 1 is 0.349 bits per heavy atom. The molecule has 0 saturated heterocycles. The molecule has 0 aromatic heterocycles. The van der Waals surface area contributed by atoms with Crippen LogP contribution in [-0.4, -0.2) is 151 Å². The molecule has 0 aliphatic rings. The Morgan fingerprint density at radius 3 is 0.937 bits per heavy atom. The molecule has 0 N–H and O–H groups in total. The molecule has 3 rings (SSSR count). The van der Waals surface area contributed by atoms with Gasteiger partial charge in [0, 0.05) is 6.42 Å². The lowest BCUT2D eigenvalue weighted by atomic mass is 9.80. The first-order valence-corrected chi connectivity index (χ1v) is 23.0. The minimum absolute atomic E-state index is 0.146. The normalized spacial score (nSPS) is 11.6. The lowest BCUT2D eigenvalue weighted by molar-refractivity contribution is -0.145. The molecule has 0 heterocycles. The maximum atomic E-state index is 11.7. The van der Waals surface area contributed by atoms with Crippen LogP contribution in [0.5, 0.6) is 0 Å². The summed E-state index contributed by atoms with van der Waals surface area (Å²) in [4.78, 5) is 11.7. The number of unbranched alkanes of at least 4 members (excludes halogenated alkanes) is 5. The summed E-state index contributed by atoms with van der Waals surface area (Å²) in [7, 11) is 0. The van der Waals surface area contributed by atoms with Crippen molar-refractivity contribution in [2.24, 2.45) is 0 Å². The maximum Gasteiger partial charge on any atom is 0.305 e. The molecule has 0 spiro atoms. The third-order valence-electron chi connectivity index (χ3n) is 9.66. The molecule has 3 aromatic rings. The molecule has 13 heteroatoms. The van der Waals surface area contributed by atoms with Crippen LogP contribution < -0.4 is 0 Å². The van der Waals surface area contributed by atoms with E-state index in [0.717, 1.165) is 29.5 Å². The fourth-order valence-corrected chi connectivity index (χ4v) is 6.44. The highest BCUT2D eigenvalue weighted by Crippen LogP contribution is 2.40. The molecule has 0 aliphatic carbocycles. The van der Waals surface area contributed by atoms with E-state index in [1.165, 1.54) is 25.7 Å². The first kappa shape index (κ1) is 54.0. The predicted molar refractivity (Wildman–Crippen MR) is 242 cm³/mol. The molecule has 0 saturated carbocycles. The number of benzene rings is 3. The van der Waals surface area contributed by atoms with E-state index in [2.05, 4.69) is 43.3 Å². The van der Waals surface area contributed by atoms with Gasteiger partial charge < -0.3 is 56.8 Å². The van der Waals surface area contributed by atoms with Gasteiger partial charge in [-0.05, 0) is 23.1 Å². The van der Waals surface area contributed by atoms with Gasteiger partial charge in [0.15, 0.2) is 0 Å². The van der Waals surface area contributed by atoms with Crippen molar-refractivity contribution in [1.29, 1.82) is 0 Å². The molecule has 0 amide bonds. The number of carbonyl (C=O) groups is 1. The summed E-state index contributed by atoms with van der Waals surface area (Å²) < 4.78 is 67.6. The number of hydrogen-bond donors (Lipinski definition) is 0. The Morgan fingerprint density at radius 2 is 0.619 bits per heavy atom. The third kappa shape index (κ3) is 26.3. The summed E-state index contributed by atoms with van der Waals surface area (Å²) in [5.41, 5.74) is 2.44. The van der Waals surface area contributed by atoms with Crippen LogP contribution in [0.15, 0.2) is 91.0 Å². The largest absolute Gasteiger partial charge is 0.463 e. The van der Waals surface area contributed by atoms with E-state index >= 15 is 0 Å². The van der Waals surface area contributed by atoms with E-state index in [1.807, 2.05) is 54.6 Å². The predicted octanol–water partition coefficient (Wildman–Crippen LogP) is 7.45. The topological polar surface area (TPSA) is 128 Å². The van der Waals surface area contributed by atoms with Crippen molar-refractivity contribution in [3.63, 3.8) is 0 Å². The molecule has 63 heavy (non-hydrogen) atoms. The molecule has 0 bridgehead atoms. The van der Waals surface area contributed by atoms with E-state index in [1.54, 1.807) is 0 Å². The molecule has 0 radical (unpaired) electrons. The second-order valence-corrected chi connectivity index (χ2v) is 14.5. The van der Waals surface area contributed by atoms with Crippen LogP contribution in [0.2, 0.25) is 0 Å². The lowest BCUT2D eigenvalue weighted by Crippen LogP contribution is -2.34. The second kappa shape index (κ2) is 39.1. The summed E-state index contributed by atoms with van der Waals surface area (Å²) in [6.07, 6.45) is 7.40. The van der Waals surface area contributed by atoms with Crippen LogP contribution in [0.4, 0.5) is 0 Å². The van der Waals surface area contributed by atoms with Gasteiger partial charge in [-0.3, -0.25) is 4.79 Å². The minimum Gasteiger partial charge on any atom is -0.463 e. The van der Waals surface area contributed by atoms with Crippen molar-refractivity contribution in [3.8, 4) is 0 Å². The van der Waals surface area contributed by atoms with Gasteiger partial charge in [0.25, 0.3) is 0 Å². The summed E-state index contributed by atoms with van der Waals surface area (Å²) in [5, 5.41) is 0. The van der Waals surface area contributed by atoms with Crippen molar-refractivity contribution < 1.29 is 61.6 Å². The summed E-state index contributed by atoms with van der Waals surface area (Å²) in [6.45, 7) is 12.4. The monoisotopic (exact) mass is 885 g/mol. The van der Waals surface area contributed by atoms with E-state index in [0.29, 0.717) is 145 Å². The highest BCUT2D eigenvalue weighted by atomic mass is 16.6. The molecule has 354 valence electrons. The molecule has 0 aliphatic heterocycles. The number of esters is 1. The number of carbonyl (C=O) groups excluding carboxylic acids is 1. The zero-order valence-electron chi connectivity index (χ0n) is 38.0. The minimum atomic E-state index is -0.757. The highest BCUT2D eigenvalue weighted by molar-refractivity contribution is 5.69. The Kier molecular flexibility index (Phi) is 33.5. The number of ether oxygens (including phenoxy) is 12. The van der Waals surface area contributed by atoms with Gasteiger partial charge in [0.1, 0.15) is 12.2 Å². The van der Waals surface area contributed by atoms with Crippen molar-refractivity contribution in [2.75, 3.05) is 145 Å². The van der Waals surface area contributed by atoms with Crippen LogP contribution >= 0.6 is 0 Å². The van der Waals surface area contributed by atoms with E-state index in [-0.39, 0.29) is 12.6 Å². The van der Waals surface area contributed by atoms with E-state index < -0.39 is 5.60 Å². The molecule has 0 atom stereocenters. The van der Waals surface area contributed by atoms with Crippen LogP contribution in [0.3, 0.4) is 0 Å². The second-order valence-electron chi connectivity index (χ2n) is 14.5. The summed E-state index contributed by atoms with van der Waals surface area (Å²) in [6, 6.07) is 31.0. The standard InChI is InChI=1S/C50H76O13/c1-2-3-4-5-6-16-23-49(51)62-44-42-60-40-38-58-36-34-56-32-30-54-28-26-52-24-25-53-27-29-55-31-33-57-35-37-59-39-41-61-43-45-63-50(46-17-10-7-11-18-46,47-19-12-8-13-20-47)48-21-14-9-15-22-48/h7-15,17-22H,2-6,16,23-45H2,1H3. The molecule has 0 fully saturated rings. The number of hydrogen-bond acceptors (Lipinski definition) is 13. The average molecular weight is 885 g/mol. The summed E-state index contributed by atoms with van der Waals surface area (Å²) in [5.74, 6) is -0.146. The van der Waals surface area contributed by atoms with Crippen LogP contribution in [0.1, 0.15) is 68.6 Å². The lowest BCUT2D eigenvalue weighted by Gasteiger charge is -2.36. The molecular weight excluding hydrogens is 809 g/mol. The van der Waals surface area contributed by atoms with Gasteiger partial charge in [0.2, 0.25) is 0 Å². The molecule has 3 aromatic carbocycles. The van der Waals surface area contributed by atoms with Crippen LogP contribution in [0, 0.1) is 0 Å². The molecular formula is C50H76O13. The molecule has 0 unspecified atom stereocenters. The third-order valence-corrected chi connectivity index (χ3v) is 9.66. The fraction of sp³-hybridized carbons (Fsp3) is 0.620. The smallest absolute Gasteiger partial charge is 0.305 e. The van der Waals surface area contributed by atoms with E-state index in [4.69, 9.17) is 56.8 Å². The van der Waals surface area contributed by atoms with Gasteiger partial charge in [0.05, 0.1) is 139 Å². The first-order chi connectivity index (χ1) is 31.3. The quantitative estimate of drug-likeness (QED) is 0.0317. The molecule has 13 nitrogen and oxygen atoms in total. The van der Waals surface area contributed by atoms with Crippen LogP contribution in [0.25, 0.3) is 0 Å². The van der Waals surface area contributed by atoms with Crippen molar-refractivity contribution >= 4 is 5.97 Å².